The van der Waals surface area contributed by atoms with Crippen LogP contribution < -0.4 is 5.32 Å². The van der Waals surface area contributed by atoms with Crippen molar-refractivity contribution in [2.75, 3.05) is 32.7 Å². The molecule has 3 aliphatic rings. The molecule has 1 aromatic rings. The van der Waals surface area contributed by atoms with Crippen LogP contribution in [-0.4, -0.2) is 54.5 Å². The van der Waals surface area contributed by atoms with Gasteiger partial charge < -0.3 is 10.2 Å². The van der Waals surface area contributed by atoms with E-state index < -0.39 is 0 Å². The summed E-state index contributed by atoms with van der Waals surface area (Å²) in [6, 6.07) is 6.66. The highest BCUT2D eigenvalue weighted by atomic mass is 19.1. The maximum atomic E-state index is 13.1. The number of benzene rings is 1. The van der Waals surface area contributed by atoms with Crippen molar-refractivity contribution in [3.63, 3.8) is 0 Å². The van der Waals surface area contributed by atoms with Gasteiger partial charge >= 0.3 is 0 Å². The summed E-state index contributed by atoms with van der Waals surface area (Å²) in [5.41, 5.74) is 1.52. The summed E-state index contributed by atoms with van der Waals surface area (Å²) in [5, 5.41) is 3.48. The Kier molecular flexibility index (Phi) is 4.78. The van der Waals surface area contributed by atoms with Crippen LogP contribution in [0.3, 0.4) is 0 Å². The minimum atomic E-state index is -0.207. The first-order valence-corrected chi connectivity index (χ1v) is 9.63. The van der Waals surface area contributed by atoms with E-state index in [2.05, 4.69) is 15.1 Å². The van der Waals surface area contributed by atoms with Crippen LogP contribution in [0, 0.1) is 11.2 Å². The van der Waals surface area contributed by atoms with Crippen LogP contribution in [0.2, 0.25) is 0 Å². The number of hydrogen-bond donors (Lipinski definition) is 1. The molecule has 1 amide bonds. The molecule has 0 bridgehead atoms. The Labute approximate surface area is 149 Å². The average molecular weight is 345 g/mol. The lowest BCUT2D eigenvalue weighted by Gasteiger charge is -2.40. The van der Waals surface area contributed by atoms with Crippen LogP contribution in [0.1, 0.15) is 37.7 Å². The SMILES string of the molecule is O=C(C1CCCN1Cc1ccc(F)cc1)N1CCC2(CCNC2)CC1. The Morgan fingerprint density at radius 2 is 1.92 bits per heavy atom. The van der Waals surface area contributed by atoms with E-state index >= 15 is 0 Å². The molecule has 0 aromatic heterocycles. The molecule has 1 aromatic carbocycles. The Hall–Kier alpha value is -1.46. The molecule has 0 radical (unpaired) electrons. The molecule has 4 nitrogen and oxygen atoms in total. The number of nitrogens with zero attached hydrogens (tertiary/aromatic N) is 2. The van der Waals surface area contributed by atoms with E-state index in [4.69, 9.17) is 0 Å². The Morgan fingerprint density at radius 1 is 1.16 bits per heavy atom. The number of likely N-dealkylation sites (tertiary alicyclic amines) is 2. The quantitative estimate of drug-likeness (QED) is 0.914. The lowest BCUT2D eigenvalue weighted by atomic mass is 9.77. The van der Waals surface area contributed by atoms with Crippen LogP contribution >= 0.6 is 0 Å². The van der Waals surface area contributed by atoms with Gasteiger partial charge in [0.2, 0.25) is 5.91 Å². The summed E-state index contributed by atoms with van der Waals surface area (Å²) in [5.74, 6) is 0.0989. The summed E-state index contributed by atoms with van der Waals surface area (Å²) >= 11 is 0. The van der Waals surface area contributed by atoms with Gasteiger partial charge in [0.1, 0.15) is 5.82 Å². The molecule has 4 rings (SSSR count). The summed E-state index contributed by atoms with van der Waals surface area (Å²) in [7, 11) is 0. The average Bonchev–Trinajstić information content (AvgIpc) is 3.27. The zero-order valence-corrected chi connectivity index (χ0v) is 14.8. The van der Waals surface area contributed by atoms with E-state index in [-0.39, 0.29) is 11.9 Å². The van der Waals surface area contributed by atoms with Gasteiger partial charge in [-0.05, 0) is 68.3 Å². The molecule has 0 saturated carbocycles. The van der Waals surface area contributed by atoms with Crippen LogP contribution in [0.15, 0.2) is 24.3 Å². The van der Waals surface area contributed by atoms with Crippen molar-refractivity contribution in [3.8, 4) is 0 Å². The molecule has 3 aliphatic heterocycles. The molecule has 3 saturated heterocycles. The largest absolute Gasteiger partial charge is 0.341 e. The van der Waals surface area contributed by atoms with E-state index in [1.807, 2.05) is 12.1 Å². The van der Waals surface area contributed by atoms with Crippen molar-refractivity contribution in [2.45, 2.75) is 44.7 Å². The molecule has 3 fully saturated rings. The third kappa shape index (κ3) is 3.58. The van der Waals surface area contributed by atoms with E-state index in [9.17, 15) is 9.18 Å². The molecule has 1 spiro atoms. The summed E-state index contributed by atoms with van der Waals surface area (Å²) in [6.45, 7) is 5.74. The topological polar surface area (TPSA) is 35.6 Å². The maximum Gasteiger partial charge on any atom is 0.239 e. The zero-order chi connectivity index (χ0) is 17.3. The predicted octanol–water partition coefficient (Wildman–Crippen LogP) is 2.39. The number of carbonyl (C=O) groups excluding carboxylic acids is 1. The number of halogens is 1. The predicted molar refractivity (Wildman–Crippen MR) is 95.6 cm³/mol. The molecule has 1 N–H and O–H groups in total. The maximum absolute atomic E-state index is 13.1. The number of hydrogen-bond acceptors (Lipinski definition) is 3. The monoisotopic (exact) mass is 345 g/mol. The molecule has 5 heteroatoms. The minimum Gasteiger partial charge on any atom is -0.341 e. The third-order valence-electron chi connectivity index (χ3n) is 6.42. The first-order valence-electron chi connectivity index (χ1n) is 9.63. The highest BCUT2D eigenvalue weighted by Gasteiger charge is 2.40. The van der Waals surface area contributed by atoms with Gasteiger partial charge in [-0.3, -0.25) is 9.69 Å². The molecular formula is C20H28FN3O. The third-order valence-corrected chi connectivity index (χ3v) is 6.42. The van der Waals surface area contributed by atoms with Gasteiger partial charge in [-0.1, -0.05) is 12.1 Å². The second-order valence-electron chi connectivity index (χ2n) is 8.01. The fourth-order valence-corrected chi connectivity index (χ4v) is 4.75. The van der Waals surface area contributed by atoms with Gasteiger partial charge in [-0.2, -0.15) is 0 Å². The molecule has 1 atom stereocenters. The van der Waals surface area contributed by atoms with E-state index in [1.54, 1.807) is 0 Å². The Balaban J connectivity index is 1.36. The van der Waals surface area contributed by atoms with Gasteiger partial charge in [-0.15, -0.1) is 0 Å². The van der Waals surface area contributed by atoms with Crippen LogP contribution in [0.4, 0.5) is 4.39 Å². The number of nitrogens with one attached hydrogen (secondary N) is 1. The molecule has 136 valence electrons. The van der Waals surface area contributed by atoms with Gasteiger partial charge in [0.05, 0.1) is 6.04 Å². The fraction of sp³-hybridized carbons (Fsp3) is 0.650. The number of rotatable bonds is 3. The second kappa shape index (κ2) is 7.04. The number of carbonyl (C=O) groups is 1. The number of piperidine rings is 1. The second-order valence-corrected chi connectivity index (χ2v) is 8.01. The lowest BCUT2D eigenvalue weighted by molar-refractivity contribution is -0.138. The minimum absolute atomic E-state index is 0.000746. The smallest absolute Gasteiger partial charge is 0.239 e. The summed E-state index contributed by atoms with van der Waals surface area (Å²) in [6.07, 6.45) is 5.55. The van der Waals surface area contributed by atoms with Gasteiger partial charge in [0.15, 0.2) is 0 Å². The van der Waals surface area contributed by atoms with Crippen molar-refractivity contribution in [2.24, 2.45) is 5.41 Å². The summed E-state index contributed by atoms with van der Waals surface area (Å²) in [4.78, 5) is 17.4. The standard InChI is InChI=1S/C20H28FN3O/c21-17-5-3-16(4-6-17)14-24-11-1-2-18(24)19(25)23-12-8-20(9-13-23)7-10-22-15-20/h3-6,18,22H,1-2,7-15H2. The highest BCUT2D eigenvalue weighted by molar-refractivity contribution is 5.82. The zero-order valence-electron chi connectivity index (χ0n) is 14.8. The van der Waals surface area contributed by atoms with Crippen molar-refractivity contribution in [1.82, 2.24) is 15.1 Å². The Morgan fingerprint density at radius 3 is 2.60 bits per heavy atom. The van der Waals surface area contributed by atoms with Crippen molar-refractivity contribution >= 4 is 5.91 Å². The van der Waals surface area contributed by atoms with Crippen molar-refractivity contribution in [1.29, 1.82) is 0 Å². The lowest BCUT2D eigenvalue weighted by Crippen LogP contribution is -2.50. The first kappa shape index (κ1) is 17.0. The molecule has 1 unspecified atom stereocenters. The van der Waals surface area contributed by atoms with Crippen LogP contribution in [0.25, 0.3) is 0 Å². The highest BCUT2D eigenvalue weighted by Crippen LogP contribution is 2.37. The number of amides is 1. The molecule has 25 heavy (non-hydrogen) atoms. The van der Waals surface area contributed by atoms with Crippen LogP contribution in [-0.2, 0) is 11.3 Å². The van der Waals surface area contributed by atoms with E-state index in [0.29, 0.717) is 11.3 Å². The van der Waals surface area contributed by atoms with E-state index in [1.165, 1.54) is 18.6 Å². The molecule has 3 heterocycles. The molecular weight excluding hydrogens is 317 g/mol. The Bertz CT molecular complexity index is 602. The first-order chi connectivity index (χ1) is 12.2. The van der Waals surface area contributed by atoms with Crippen LogP contribution in [0.5, 0.6) is 0 Å². The van der Waals surface area contributed by atoms with Crippen molar-refractivity contribution in [3.05, 3.63) is 35.6 Å². The van der Waals surface area contributed by atoms with Gasteiger partial charge in [0.25, 0.3) is 0 Å². The van der Waals surface area contributed by atoms with E-state index in [0.717, 1.165) is 70.5 Å². The fourth-order valence-electron chi connectivity index (χ4n) is 4.75. The summed E-state index contributed by atoms with van der Waals surface area (Å²) < 4.78 is 13.1. The van der Waals surface area contributed by atoms with Gasteiger partial charge in [-0.25, -0.2) is 4.39 Å². The van der Waals surface area contributed by atoms with Gasteiger partial charge in [0, 0.05) is 26.2 Å². The normalized spacial score (nSPS) is 26.4. The molecule has 0 aliphatic carbocycles. The van der Waals surface area contributed by atoms with Crippen molar-refractivity contribution < 1.29 is 9.18 Å².